The summed E-state index contributed by atoms with van der Waals surface area (Å²) in [5, 5.41) is 8.51. The number of nitrogens with one attached hydrogen (secondary N) is 3. The molecule has 0 saturated carbocycles. The van der Waals surface area contributed by atoms with Crippen LogP contribution in [0.5, 0.6) is 0 Å². The van der Waals surface area contributed by atoms with Crippen LogP contribution >= 0.6 is 24.0 Å². The van der Waals surface area contributed by atoms with Crippen molar-refractivity contribution in [3.63, 3.8) is 0 Å². The molecule has 148 valence electrons. The number of rotatable bonds is 3. The molecule has 3 N–H and O–H groups in total. The monoisotopic (exact) mass is 486 g/mol. The zero-order valence-corrected chi connectivity index (χ0v) is 18.2. The van der Waals surface area contributed by atoms with Gasteiger partial charge in [0.15, 0.2) is 5.96 Å². The first-order valence-electron chi connectivity index (χ1n) is 8.93. The molecule has 0 aliphatic carbocycles. The number of piperidine rings is 1. The number of halogens is 1. The highest BCUT2D eigenvalue weighted by molar-refractivity contribution is 14.0. The highest BCUT2D eigenvalue weighted by Crippen LogP contribution is 2.30. The number of guanidine groups is 1. The normalized spacial score (nSPS) is 23.5. The number of nitrogens with zero attached hydrogens (tertiary/aromatic N) is 3. The van der Waals surface area contributed by atoms with Crippen LogP contribution in [0.15, 0.2) is 23.3 Å². The molecule has 2 fully saturated rings. The molecule has 27 heavy (non-hydrogen) atoms. The van der Waals surface area contributed by atoms with Gasteiger partial charge < -0.3 is 15.5 Å². The average Bonchev–Trinajstić information content (AvgIpc) is 2.90. The SMILES string of the molecule is CN=C(NCc1ccc(C)nc1)N1CCC(C2(C)NC(=O)NC2=O)CC1.I. The van der Waals surface area contributed by atoms with Crippen molar-refractivity contribution in [1.29, 1.82) is 0 Å². The lowest BCUT2D eigenvalue weighted by atomic mass is 9.79. The first-order chi connectivity index (χ1) is 12.4. The summed E-state index contributed by atoms with van der Waals surface area (Å²) in [7, 11) is 1.77. The van der Waals surface area contributed by atoms with Crippen molar-refractivity contribution in [3.8, 4) is 0 Å². The van der Waals surface area contributed by atoms with Crippen LogP contribution in [-0.2, 0) is 11.3 Å². The molecule has 0 bridgehead atoms. The van der Waals surface area contributed by atoms with E-state index in [0.29, 0.717) is 6.54 Å². The minimum atomic E-state index is -0.812. The van der Waals surface area contributed by atoms with Crippen molar-refractivity contribution in [2.24, 2.45) is 10.9 Å². The summed E-state index contributed by atoms with van der Waals surface area (Å²) in [4.78, 5) is 34.5. The van der Waals surface area contributed by atoms with E-state index in [4.69, 9.17) is 0 Å². The topological polar surface area (TPSA) is 98.7 Å². The van der Waals surface area contributed by atoms with Crippen LogP contribution in [0.3, 0.4) is 0 Å². The summed E-state index contributed by atoms with van der Waals surface area (Å²) in [6.45, 7) is 6.01. The number of carbonyl (C=O) groups is 2. The van der Waals surface area contributed by atoms with Crippen LogP contribution in [0.2, 0.25) is 0 Å². The Balaban J connectivity index is 0.00000261. The third-order valence-corrected chi connectivity index (χ3v) is 5.32. The molecule has 1 aromatic rings. The predicted octanol–water partition coefficient (Wildman–Crippen LogP) is 1.39. The highest BCUT2D eigenvalue weighted by Gasteiger charge is 2.48. The van der Waals surface area contributed by atoms with Crippen LogP contribution in [0.1, 0.15) is 31.0 Å². The Morgan fingerprint density at radius 1 is 1.37 bits per heavy atom. The maximum Gasteiger partial charge on any atom is 0.322 e. The third kappa shape index (κ3) is 4.69. The molecule has 1 aromatic heterocycles. The number of urea groups is 1. The van der Waals surface area contributed by atoms with Gasteiger partial charge in [-0.25, -0.2) is 4.79 Å². The molecule has 3 heterocycles. The minimum absolute atomic E-state index is 0. The molecule has 0 spiro atoms. The molecule has 1 unspecified atom stereocenters. The van der Waals surface area contributed by atoms with Gasteiger partial charge >= 0.3 is 6.03 Å². The van der Waals surface area contributed by atoms with E-state index in [-0.39, 0.29) is 35.8 Å². The molecule has 0 aromatic carbocycles. The summed E-state index contributed by atoms with van der Waals surface area (Å²) in [5.74, 6) is 0.731. The van der Waals surface area contributed by atoms with Gasteiger partial charge in [-0.2, -0.15) is 0 Å². The summed E-state index contributed by atoms with van der Waals surface area (Å²) in [6, 6.07) is 3.65. The second kappa shape index (κ2) is 8.85. The number of carbonyl (C=O) groups excluding carboxylic acids is 2. The molecular formula is C18H27IN6O2. The van der Waals surface area contributed by atoms with Gasteiger partial charge in [-0.05, 0) is 44.2 Å². The lowest BCUT2D eigenvalue weighted by molar-refractivity contribution is -0.125. The summed E-state index contributed by atoms with van der Waals surface area (Å²) in [6.07, 6.45) is 3.50. The van der Waals surface area contributed by atoms with Crippen molar-refractivity contribution < 1.29 is 9.59 Å². The van der Waals surface area contributed by atoms with E-state index in [1.54, 1.807) is 7.05 Å². The van der Waals surface area contributed by atoms with Gasteiger partial charge in [0.25, 0.3) is 5.91 Å². The molecule has 9 heteroatoms. The van der Waals surface area contributed by atoms with E-state index in [0.717, 1.165) is 43.1 Å². The van der Waals surface area contributed by atoms with Crippen molar-refractivity contribution in [2.75, 3.05) is 20.1 Å². The Labute approximate surface area is 176 Å². The third-order valence-electron chi connectivity index (χ3n) is 5.32. The number of hydrogen-bond acceptors (Lipinski definition) is 4. The molecule has 2 aliphatic heterocycles. The molecule has 3 rings (SSSR count). The summed E-state index contributed by atoms with van der Waals surface area (Å²) < 4.78 is 0. The number of aliphatic imine (C=N–C) groups is 1. The Hall–Kier alpha value is -1.91. The Morgan fingerprint density at radius 3 is 2.59 bits per heavy atom. The van der Waals surface area contributed by atoms with Gasteiger partial charge in [0.05, 0.1) is 0 Å². The molecule has 8 nitrogen and oxygen atoms in total. The largest absolute Gasteiger partial charge is 0.352 e. The van der Waals surface area contributed by atoms with Crippen LogP contribution in [0.25, 0.3) is 0 Å². The van der Waals surface area contributed by atoms with Crippen molar-refractivity contribution in [1.82, 2.24) is 25.8 Å². The average molecular weight is 486 g/mol. The number of likely N-dealkylation sites (tertiary alicyclic amines) is 1. The number of imide groups is 1. The zero-order valence-electron chi connectivity index (χ0n) is 15.9. The Kier molecular flexibility index (Phi) is 7.01. The lowest BCUT2D eigenvalue weighted by Gasteiger charge is -2.39. The van der Waals surface area contributed by atoms with Gasteiger partial charge in [-0.1, -0.05) is 6.07 Å². The molecule has 2 saturated heterocycles. The van der Waals surface area contributed by atoms with Crippen molar-refractivity contribution in [3.05, 3.63) is 29.6 Å². The fraction of sp³-hybridized carbons (Fsp3) is 0.556. The van der Waals surface area contributed by atoms with Gasteiger partial charge in [0, 0.05) is 38.6 Å². The van der Waals surface area contributed by atoms with Crippen LogP contribution in [-0.4, -0.2) is 53.5 Å². The van der Waals surface area contributed by atoms with Crippen LogP contribution in [0, 0.1) is 12.8 Å². The number of aryl methyl sites for hydroxylation is 1. The molecule has 3 amide bonds. The molecule has 2 aliphatic rings. The maximum atomic E-state index is 12.1. The van der Waals surface area contributed by atoms with E-state index in [9.17, 15) is 9.59 Å². The van der Waals surface area contributed by atoms with Crippen molar-refractivity contribution >= 4 is 41.9 Å². The number of aromatic nitrogens is 1. The van der Waals surface area contributed by atoms with E-state index >= 15 is 0 Å². The van der Waals surface area contributed by atoms with Gasteiger partial charge in [-0.3, -0.25) is 20.1 Å². The smallest absolute Gasteiger partial charge is 0.322 e. The number of pyridine rings is 1. The first kappa shape index (κ1) is 21.4. The minimum Gasteiger partial charge on any atom is -0.352 e. The van der Waals surface area contributed by atoms with Crippen LogP contribution in [0.4, 0.5) is 4.79 Å². The van der Waals surface area contributed by atoms with Gasteiger partial charge in [0.1, 0.15) is 5.54 Å². The fourth-order valence-electron chi connectivity index (χ4n) is 3.63. The molecular weight excluding hydrogens is 459 g/mol. The predicted molar refractivity (Wildman–Crippen MR) is 114 cm³/mol. The van der Waals surface area contributed by atoms with Crippen LogP contribution < -0.4 is 16.0 Å². The van der Waals surface area contributed by atoms with Gasteiger partial charge in [-0.15, -0.1) is 24.0 Å². The van der Waals surface area contributed by atoms with E-state index in [2.05, 4.69) is 36.9 Å². The number of amides is 3. The standard InChI is InChI=1S/C18H26N6O2.HI/c1-12-4-5-13(10-20-12)11-21-16(19-3)24-8-6-14(7-9-24)18(2)15(25)22-17(26)23-18;/h4-5,10,14H,6-9,11H2,1-3H3,(H,19,21)(H2,22,23,25,26);1H. The lowest BCUT2D eigenvalue weighted by Crippen LogP contribution is -2.55. The Bertz CT molecular complexity index is 715. The quantitative estimate of drug-likeness (QED) is 0.260. The number of hydrogen-bond donors (Lipinski definition) is 3. The first-order valence-corrected chi connectivity index (χ1v) is 8.93. The second-order valence-corrected chi connectivity index (χ2v) is 7.08. The highest BCUT2D eigenvalue weighted by atomic mass is 127. The summed E-state index contributed by atoms with van der Waals surface area (Å²) >= 11 is 0. The molecule has 1 atom stereocenters. The maximum absolute atomic E-state index is 12.1. The van der Waals surface area contributed by atoms with E-state index in [1.165, 1.54) is 0 Å². The Morgan fingerprint density at radius 2 is 2.07 bits per heavy atom. The van der Waals surface area contributed by atoms with E-state index < -0.39 is 11.6 Å². The summed E-state index contributed by atoms with van der Waals surface area (Å²) in [5.41, 5.74) is 1.29. The molecule has 0 radical (unpaired) electrons. The van der Waals surface area contributed by atoms with Crippen molar-refractivity contribution in [2.45, 2.75) is 38.8 Å². The van der Waals surface area contributed by atoms with Gasteiger partial charge in [0.2, 0.25) is 0 Å². The van der Waals surface area contributed by atoms with E-state index in [1.807, 2.05) is 26.1 Å². The second-order valence-electron chi connectivity index (χ2n) is 7.08. The fourth-order valence-corrected chi connectivity index (χ4v) is 3.63. The zero-order chi connectivity index (χ0) is 18.7.